The van der Waals surface area contributed by atoms with Crippen LogP contribution in [0, 0.1) is 11.3 Å². The maximum atomic E-state index is 13.3. The van der Waals surface area contributed by atoms with Gasteiger partial charge in [-0.25, -0.2) is 0 Å². The highest BCUT2D eigenvalue weighted by Crippen LogP contribution is 2.45. The maximum absolute atomic E-state index is 13.3. The van der Waals surface area contributed by atoms with Crippen molar-refractivity contribution in [1.29, 1.82) is 5.26 Å². The summed E-state index contributed by atoms with van der Waals surface area (Å²) in [6.45, 7) is 0.700. The van der Waals surface area contributed by atoms with Gasteiger partial charge < -0.3 is 19.1 Å². The van der Waals surface area contributed by atoms with E-state index in [2.05, 4.69) is 11.0 Å². The molecule has 194 valence electrons. The topological polar surface area (TPSA) is 75.0 Å². The average molecular weight is 548 g/mol. The van der Waals surface area contributed by atoms with Crippen molar-refractivity contribution in [2.75, 3.05) is 31.7 Å². The Kier molecular flexibility index (Phi) is 7.68. The molecule has 7 nitrogen and oxygen atoms in total. The molecule has 3 aromatic rings. The number of rotatable bonds is 7. The van der Waals surface area contributed by atoms with Crippen LogP contribution < -0.4 is 19.1 Å². The number of hydrogen-bond acceptors (Lipinski definition) is 7. The Morgan fingerprint density at radius 1 is 1.05 bits per heavy atom. The quantitative estimate of drug-likeness (QED) is 0.351. The molecule has 9 heteroatoms. The second-order valence-electron chi connectivity index (χ2n) is 8.85. The Balaban J connectivity index is 1.34. The van der Waals surface area contributed by atoms with E-state index in [0.29, 0.717) is 47.0 Å². The fraction of sp³-hybridized carbons (Fsp3) is 0.241. The lowest BCUT2D eigenvalue weighted by atomic mass is 9.86. The first-order chi connectivity index (χ1) is 18.5. The van der Waals surface area contributed by atoms with Crippen molar-refractivity contribution in [3.05, 3.63) is 93.5 Å². The molecule has 0 aromatic heterocycles. The average Bonchev–Trinajstić information content (AvgIpc) is 2.96. The lowest BCUT2D eigenvalue weighted by Crippen LogP contribution is -2.47. The number of anilines is 1. The van der Waals surface area contributed by atoms with Gasteiger partial charge in [0.25, 0.3) is 0 Å². The third kappa shape index (κ3) is 5.13. The first-order valence-corrected chi connectivity index (χ1v) is 13.4. The molecular formula is C29H26ClN3O4S. The highest BCUT2D eigenvalue weighted by Gasteiger charge is 2.38. The molecule has 0 spiro atoms. The normalized spacial score (nSPS) is 17.1. The van der Waals surface area contributed by atoms with Crippen molar-refractivity contribution < 1.29 is 19.0 Å². The summed E-state index contributed by atoms with van der Waals surface area (Å²) in [5.74, 6) is 2.31. The van der Waals surface area contributed by atoms with Gasteiger partial charge in [-0.1, -0.05) is 53.7 Å². The van der Waals surface area contributed by atoms with Gasteiger partial charge in [-0.05, 0) is 35.9 Å². The molecule has 0 N–H and O–H groups in total. The van der Waals surface area contributed by atoms with Crippen LogP contribution >= 0.6 is 23.4 Å². The lowest BCUT2D eigenvalue weighted by molar-refractivity contribution is -0.129. The molecule has 5 rings (SSSR count). The SMILES string of the molecule is COc1ccc(N2CSC3=C(C#N)[C@@H](c4ccc(OCc5ccccc5Cl)cc4)CC(=O)N3C2)c(OC)c1. The van der Waals surface area contributed by atoms with Crippen molar-refractivity contribution in [3.8, 4) is 23.3 Å². The number of thioether (sulfide) groups is 1. The zero-order chi connectivity index (χ0) is 26.6. The van der Waals surface area contributed by atoms with E-state index in [-0.39, 0.29) is 18.2 Å². The van der Waals surface area contributed by atoms with Crippen LogP contribution in [-0.2, 0) is 11.4 Å². The Morgan fingerprint density at radius 3 is 2.53 bits per heavy atom. The zero-order valence-corrected chi connectivity index (χ0v) is 22.6. The summed E-state index contributed by atoms with van der Waals surface area (Å²) < 4.78 is 16.8. The van der Waals surface area contributed by atoms with E-state index in [1.54, 1.807) is 19.1 Å². The molecule has 2 aliphatic rings. The molecule has 2 aliphatic heterocycles. The second-order valence-corrected chi connectivity index (χ2v) is 10.2. The maximum Gasteiger partial charge on any atom is 0.229 e. The van der Waals surface area contributed by atoms with Crippen LogP contribution in [0.25, 0.3) is 0 Å². The molecule has 0 bridgehead atoms. The minimum Gasteiger partial charge on any atom is -0.497 e. The Bertz CT molecular complexity index is 1420. The third-order valence-corrected chi connectivity index (χ3v) is 8.18. The lowest BCUT2D eigenvalue weighted by Gasteiger charge is -2.42. The molecule has 2 heterocycles. The van der Waals surface area contributed by atoms with Crippen molar-refractivity contribution in [3.63, 3.8) is 0 Å². The molecule has 0 saturated carbocycles. The summed E-state index contributed by atoms with van der Waals surface area (Å²) in [6, 6.07) is 23.2. The monoisotopic (exact) mass is 547 g/mol. The third-order valence-electron chi connectivity index (χ3n) is 6.66. The molecule has 1 amide bonds. The van der Waals surface area contributed by atoms with Crippen LogP contribution in [0.2, 0.25) is 5.02 Å². The van der Waals surface area contributed by atoms with Gasteiger partial charge in [0.05, 0.1) is 49.1 Å². The Labute approximate surface area is 231 Å². The van der Waals surface area contributed by atoms with Crippen molar-refractivity contribution in [2.45, 2.75) is 18.9 Å². The first kappa shape index (κ1) is 25.8. The number of methoxy groups -OCH3 is 2. The number of benzene rings is 3. The van der Waals surface area contributed by atoms with Gasteiger partial charge >= 0.3 is 0 Å². The van der Waals surface area contributed by atoms with Crippen LogP contribution in [0.4, 0.5) is 5.69 Å². The van der Waals surface area contributed by atoms with Crippen molar-refractivity contribution >= 4 is 35.0 Å². The minimum atomic E-state index is -0.300. The van der Waals surface area contributed by atoms with E-state index >= 15 is 0 Å². The molecular weight excluding hydrogens is 522 g/mol. The summed E-state index contributed by atoms with van der Waals surface area (Å²) >= 11 is 7.71. The molecule has 38 heavy (non-hydrogen) atoms. The van der Waals surface area contributed by atoms with Crippen LogP contribution in [0.1, 0.15) is 23.5 Å². The first-order valence-electron chi connectivity index (χ1n) is 12.0. The van der Waals surface area contributed by atoms with Crippen molar-refractivity contribution in [2.24, 2.45) is 0 Å². The van der Waals surface area contributed by atoms with E-state index in [1.807, 2.05) is 66.7 Å². The minimum absolute atomic E-state index is 0.0206. The van der Waals surface area contributed by atoms with Crippen LogP contribution in [0.15, 0.2) is 77.3 Å². The Hall–Kier alpha value is -3.80. The number of halogens is 1. The van der Waals surface area contributed by atoms with Gasteiger partial charge in [-0.3, -0.25) is 9.69 Å². The Morgan fingerprint density at radius 2 is 1.82 bits per heavy atom. The number of nitriles is 1. The van der Waals surface area contributed by atoms with Crippen LogP contribution in [0.5, 0.6) is 17.2 Å². The highest BCUT2D eigenvalue weighted by molar-refractivity contribution is 8.03. The number of carbonyl (C=O) groups excluding carboxylic acids is 1. The predicted octanol–water partition coefficient (Wildman–Crippen LogP) is 6.16. The van der Waals surface area contributed by atoms with E-state index < -0.39 is 0 Å². The molecule has 1 atom stereocenters. The molecule has 3 aromatic carbocycles. The second kappa shape index (κ2) is 11.3. The van der Waals surface area contributed by atoms with Gasteiger partial charge in [0, 0.05) is 29.0 Å². The molecule has 0 radical (unpaired) electrons. The fourth-order valence-electron chi connectivity index (χ4n) is 4.62. The number of ether oxygens (including phenoxy) is 3. The van der Waals surface area contributed by atoms with Gasteiger partial charge in [0.2, 0.25) is 5.91 Å². The highest BCUT2D eigenvalue weighted by atomic mass is 35.5. The standard InChI is InChI=1S/C29H26ClN3O4S/c1-35-22-11-12-26(27(13-22)36-2)32-17-33-28(34)14-23(24(15-31)29(33)38-18-32)19-7-9-21(10-8-19)37-16-20-5-3-4-6-25(20)30/h3-13,23H,14,16-18H2,1-2H3/t23-/m1/s1. The molecule has 1 fully saturated rings. The smallest absolute Gasteiger partial charge is 0.229 e. The summed E-state index contributed by atoms with van der Waals surface area (Å²) in [5, 5.41) is 11.5. The number of carbonyl (C=O) groups is 1. The number of nitrogens with zero attached hydrogens (tertiary/aromatic N) is 3. The number of fused-ring (bicyclic) bond motifs is 1. The van der Waals surface area contributed by atoms with Gasteiger partial charge in [-0.2, -0.15) is 5.26 Å². The van der Waals surface area contributed by atoms with Crippen LogP contribution in [0.3, 0.4) is 0 Å². The van der Waals surface area contributed by atoms with E-state index in [0.717, 1.165) is 21.8 Å². The number of amides is 1. The molecule has 0 unspecified atom stereocenters. The van der Waals surface area contributed by atoms with Gasteiger partial charge in [0.1, 0.15) is 23.9 Å². The van der Waals surface area contributed by atoms with E-state index in [1.165, 1.54) is 11.8 Å². The summed E-state index contributed by atoms with van der Waals surface area (Å²) in [5.41, 5.74) is 3.29. The fourth-order valence-corrected chi connectivity index (χ4v) is 5.97. The predicted molar refractivity (Wildman–Crippen MR) is 148 cm³/mol. The van der Waals surface area contributed by atoms with E-state index in [4.69, 9.17) is 25.8 Å². The molecule has 0 aliphatic carbocycles. The molecule has 1 saturated heterocycles. The largest absolute Gasteiger partial charge is 0.497 e. The van der Waals surface area contributed by atoms with Gasteiger partial charge in [0.15, 0.2) is 0 Å². The summed E-state index contributed by atoms with van der Waals surface area (Å²) in [7, 11) is 3.22. The number of hydrogen-bond donors (Lipinski definition) is 0. The van der Waals surface area contributed by atoms with Crippen molar-refractivity contribution in [1.82, 2.24) is 4.90 Å². The summed E-state index contributed by atoms with van der Waals surface area (Å²) in [6.07, 6.45) is 0.223. The zero-order valence-electron chi connectivity index (χ0n) is 21.0. The van der Waals surface area contributed by atoms with Crippen LogP contribution in [-0.4, -0.2) is 37.6 Å². The van der Waals surface area contributed by atoms with E-state index in [9.17, 15) is 10.1 Å². The number of allylic oxidation sites excluding steroid dienone is 1. The summed E-state index contributed by atoms with van der Waals surface area (Å²) in [4.78, 5) is 17.1. The van der Waals surface area contributed by atoms with Gasteiger partial charge in [-0.15, -0.1) is 0 Å².